The van der Waals surface area contributed by atoms with Crippen molar-refractivity contribution in [3.8, 4) is 5.75 Å². The van der Waals surface area contributed by atoms with Gasteiger partial charge < -0.3 is 9.84 Å². The number of rotatable bonds is 5. The van der Waals surface area contributed by atoms with E-state index in [0.717, 1.165) is 30.8 Å². The number of methoxy groups -OCH3 is 1. The average Bonchev–Trinajstić information content (AvgIpc) is 2.60. The predicted octanol–water partition coefficient (Wildman–Crippen LogP) is 2.19. The molecule has 0 saturated carbocycles. The molecule has 25 heavy (non-hydrogen) atoms. The molecule has 0 saturated heterocycles. The van der Waals surface area contributed by atoms with E-state index in [4.69, 9.17) is 4.74 Å². The van der Waals surface area contributed by atoms with E-state index in [1.54, 1.807) is 31.4 Å². The molecule has 0 fully saturated rings. The number of sulfone groups is 1. The first-order valence-corrected chi connectivity index (χ1v) is 10.1. The number of hydrogen-bond acceptors (Lipinski definition) is 5. The lowest BCUT2D eigenvalue weighted by molar-refractivity contribution is 0.105. The zero-order valence-corrected chi connectivity index (χ0v) is 15.3. The van der Waals surface area contributed by atoms with Gasteiger partial charge in [0.05, 0.1) is 18.1 Å². The Labute approximate surface area is 148 Å². The van der Waals surface area contributed by atoms with Gasteiger partial charge in [0, 0.05) is 25.9 Å². The maximum atomic E-state index is 11.5. The summed E-state index contributed by atoms with van der Waals surface area (Å²) >= 11 is 0. The molecule has 1 unspecified atom stereocenters. The quantitative estimate of drug-likeness (QED) is 0.884. The van der Waals surface area contributed by atoms with Crippen LogP contribution in [0.2, 0.25) is 0 Å². The average molecular weight is 361 g/mol. The maximum absolute atomic E-state index is 11.5. The lowest BCUT2D eigenvalue weighted by Gasteiger charge is -2.31. The Morgan fingerprint density at radius 1 is 1.20 bits per heavy atom. The number of nitrogens with zero attached hydrogens (tertiary/aromatic N) is 1. The summed E-state index contributed by atoms with van der Waals surface area (Å²) in [6.45, 7) is 2.13. The highest BCUT2D eigenvalue weighted by Gasteiger charge is 2.21. The van der Waals surface area contributed by atoms with Crippen molar-refractivity contribution in [2.45, 2.75) is 24.0 Å². The lowest BCUT2D eigenvalue weighted by atomic mass is 9.98. The molecule has 6 heteroatoms. The number of fused-ring (bicyclic) bond motifs is 1. The molecule has 3 rings (SSSR count). The van der Waals surface area contributed by atoms with E-state index in [-0.39, 0.29) is 4.90 Å². The fourth-order valence-electron chi connectivity index (χ4n) is 3.27. The van der Waals surface area contributed by atoms with Crippen molar-refractivity contribution in [2.24, 2.45) is 0 Å². The SMILES string of the molecule is COc1cccc2c1CCN(CC(O)c1ccc(S(C)(=O)=O)cc1)C2. The Hall–Kier alpha value is -1.89. The molecule has 2 aromatic rings. The molecule has 1 aliphatic heterocycles. The first-order chi connectivity index (χ1) is 11.9. The molecule has 0 spiro atoms. The number of hydrogen-bond donors (Lipinski definition) is 1. The van der Waals surface area contributed by atoms with Crippen LogP contribution >= 0.6 is 0 Å². The van der Waals surface area contributed by atoms with Crippen molar-refractivity contribution in [3.63, 3.8) is 0 Å². The Kier molecular flexibility index (Phi) is 5.13. The van der Waals surface area contributed by atoms with E-state index in [9.17, 15) is 13.5 Å². The molecule has 1 heterocycles. The standard InChI is InChI=1S/C19H23NO4S/c1-24-19-5-3-4-15-12-20(11-10-17(15)19)13-18(21)14-6-8-16(9-7-14)25(2,22)23/h3-9,18,21H,10-13H2,1-2H3. The number of benzene rings is 2. The van der Waals surface area contributed by atoms with Crippen LogP contribution in [0.3, 0.4) is 0 Å². The monoisotopic (exact) mass is 361 g/mol. The van der Waals surface area contributed by atoms with Gasteiger partial charge in [0.25, 0.3) is 0 Å². The Morgan fingerprint density at radius 3 is 2.56 bits per heavy atom. The van der Waals surface area contributed by atoms with E-state index in [1.165, 1.54) is 17.4 Å². The van der Waals surface area contributed by atoms with Gasteiger partial charge in [-0.25, -0.2) is 8.42 Å². The van der Waals surface area contributed by atoms with Gasteiger partial charge in [0.2, 0.25) is 0 Å². The number of aliphatic hydroxyl groups excluding tert-OH is 1. The van der Waals surface area contributed by atoms with E-state index >= 15 is 0 Å². The summed E-state index contributed by atoms with van der Waals surface area (Å²) in [5.41, 5.74) is 3.20. The van der Waals surface area contributed by atoms with Crippen LogP contribution in [0, 0.1) is 0 Å². The molecule has 0 aromatic heterocycles. The third-order valence-corrected chi connectivity index (χ3v) is 5.77. The van der Waals surface area contributed by atoms with Crippen molar-refractivity contribution in [2.75, 3.05) is 26.5 Å². The summed E-state index contributed by atoms with van der Waals surface area (Å²) in [5.74, 6) is 0.925. The van der Waals surface area contributed by atoms with Crippen LogP contribution in [-0.2, 0) is 22.8 Å². The van der Waals surface area contributed by atoms with E-state index in [1.807, 2.05) is 12.1 Å². The van der Waals surface area contributed by atoms with Crippen molar-refractivity contribution in [1.82, 2.24) is 4.90 Å². The predicted molar refractivity (Wildman–Crippen MR) is 96.5 cm³/mol. The molecule has 2 aromatic carbocycles. The minimum Gasteiger partial charge on any atom is -0.496 e. The summed E-state index contributed by atoms with van der Waals surface area (Å²) in [6.07, 6.45) is 1.41. The molecule has 1 N–H and O–H groups in total. The van der Waals surface area contributed by atoms with Gasteiger partial charge in [-0.2, -0.15) is 0 Å². The highest BCUT2D eigenvalue weighted by atomic mass is 32.2. The van der Waals surface area contributed by atoms with Gasteiger partial charge in [-0.3, -0.25) is 4.90 Å². The maximum Gasteiger partial charge on any atom is 0.175 e. The summed E-state index contributed by atoms with van der Waals surface area (Å²) < 4.78 is 28.5. The van der Waals surface area contributed by atoms with Crippen molar-refractivity contribution >= 4 is 9.84 Å². The fourth-order valence-corrected chi connectivity index (χ4v) is 3.90. The zero-order chi connectivity index (χ0) is 18.0. The normalized spacial score (nSPS) is 16.3. The lowest BCUT2D eigenvalue weighted by Crippen LogP contribution is -2.34. The van der Waals surface area contributed by atoms with Gasteiger partial charge in [-0.05, 0) is 41.3 Å². The summed E-state index contributed by atoms with van der Waals surface area (Å²) in [6, 6.07) is 12.5. The first-order valence-electron chi connectivity index (χ1n) is 8.23. The number of aliphatic hydroxyl groups is 1. The number of β-amino-alcohol motifs (C(OH)–C–C–N with tert-alkyl or cyclic N) is 1. The third-order valence-electron chi connectivity index (χ3n) is 4.65. The zero-order valence-electron chi connectivity index (χ0n) is 14.5. The Balaban J connectivity index is 1.68. The van der Waals surface area contributed by atoms with Gasteiger partial charge in [-0.1, -0.05) is 24.3 Å². The molecular weight excluding hydrogens is 338 g/mol. The second-order valence-electron chi connectivity index (χ2n) is 6.44. The highest BCUT2D eigenvalue weighted by Crippen LogP contribution is 2.28. The summed E-state index contributed by atoms with van der Waals surface area (Å²) in [5, 5.41) is 10.5. The smallest absolute Gasteiger partial charge is 0.175 e. The van der Waals surface area contributed by atoms with Crippen LogP contribution in [0.5, 0.6) is 5.75 Å². The van der Waals surface area contributed by atoms with Crippen LogP contribution in [0.25, 0.3) is 0 Å². The van der Waals surface area contributed by atoms with Crippen LogP contribution in [0.1, 0.15) is 22.8 Å². The van der Waals surface area contributed by atoms with E-state index in [0.29, 0.717) is 6.54 Å². The number of ether oxygens (including phenoxy) is 1. The minimum atomic E-state index is -3.22. The van der Waals surface area contributed by atoms with Gasteiger partial charge in [-0.15, -0.1) is 0 Å². The second-order valence-corrected chi connectivity index (χ2v) is 8.46. The van der Waals surface area contributed by atoms with Gasteiger partial charge in [0.1, 0.15) is 5.75 Å². The molecular formula is C19H23NO4S. The van der Waals surface area contributed by atoms with Gasteiger partial charge >= 0.3 is 0 Å². The topological polar surface area (TPSA) is 66.8 Å². The van der Waals surface area contributed by atoms with Crippen LogP contribution in [-0.4, -0.2) is 44.9 Å². The van der Waals surface area contributed by atoms with Crippen LogP contribution in [0.4, 0.5) is 0 Å². The molecule has 5 nitrogen and oxygen atoms in total. The summed E-state index contributed by atoms with van der Waals surface area (Å²) in [4.78, 5) is 2.47. The van der Waals surface area contributed by atoms with Crippen molar-refractivity contribution in [3.05, 3.63) is 59.2 Å². The molecule has 0 bridgehead atoms. The van der Waals surface area contributed by atoms with Crippen LogP contribution in [0.15, 0.2) is 47.4 Å². The molecule has 1 aliphatic rings. The molecule has 134 valence electrons. The largest absolute Gasteiger partial charge is 0.496 e. The third kappa shape index (κ3) is 4.03. The van der Waals surface area contributed by atoms with Gasteiger partial charge in [0.15, 0.2) is 9.84 Å². The van der Waals surface area contributed by atoms with Crippen molar-refractivity contribution < 1.29 is 18.3 Å². The molecule has 0 amide bonds. The summed E-state index contributed by atoms with van der Waals surface area (Å²) in [7, 11) is -1.53. The Morgan fingerprint density at radius 2 is 1.92 bits per heavy atom. The van der Waals surface area contributed by atoms with E-state index < -0.39 is 15.9 Å². The van der Waals surface area contributed by atoms with Crippen LogP contribution < -0.4 is 4.74 Å². The first kappa shape index (κ1) is 17.9. The van der Waals surface area contributed by atoms with Crippen molar-refractivity contribution in [1.29, 1.82) is 0 Å². The highest BCUT2D eigenvalue weighted by molar-refractivity contribution is 7.90. The molecule has 0 radical (unpaired) electrons. The second kappa shape index (κ2) is 7.15. The Bertz CT molecular complexity index is 846. The minimum absolute atomic E-state index is 0.266. The molecule has 0 aliphatic carbocycles. The van der Waals surface area contributed by atoms with E-state index in [2.05, 4.69) is 11.0 Å². The fraction of sp³-hybridized carbons (Fsp3) is 0.368. The molecule has 1 atom stereocenters.